The first-order valence-electron chi connectivity index (χ1n) is 12.6. The van der Waals surface area contributed by atoms with Crippen LogP contribution >= 0.6 is 0 Å². The molecule has 35 heavy (non-hydrogen) atoms. The molecule has 6 rings (SSSR count). The van der Waals surface area contributed by atoms with Crippen LogP contribution in [-0.2, 0) is 28.1 Å². The molecule has 2 aromatic carbocycles. The lowest BCUT2D eigenvalue weighted by Crippen LogP contribution is -2.69. The second kappa shape index (κ2) is 8.41. The first-order valence-corrected chi connectivity index (χ1v) is 12.6. The van der Waals surface area contributed by atoms with Gasteiger partial charge in [-0.1, -0.05) is 30.3 Å². The summed E-state index contributed by atoms with van der Waals surface area (Å²) in [6.07, 6.45) is 2.51. The minimum Gasteiger partial charge on any atom is -0.497 e. The van der Waals surface area contributed by atoms with E-state index in [2.05, 4.69) is 34.1 Å². The fourth-order valence-electron chi connectivity index (χ4n) is 6.32. The van der Waals surface area contributed by atoms with Crippen molar-refractivity contribution in [1.29, 1.82) is 0 Å². The van der Waals surface area contributed by atoms with Gasteiger partial charge in [0.15, 0.2) is 5.54 Å². The number of piperidine rings is 1. The molecule has 3 aliphatic heterocycles. The Kier molecular flexibility index (Phi) is 5.33. The smallest absolute Gasteiger partial charge is 0.255 e. The van der Waals surface area contributed by atoms with Crippen LogP contribution in [0.3, 0.4) is 0 Å². The van der Waals surface area contributed by atoms with Crippen LogP contribution in [0, 0.1) is 0 Å². The Hall–Kier alpha value is -3.32. The first-order chi connectivity index (χ1) is 17.0. The van der Waals surface area contributed by atoms with Gasteiger partial charge in [-0.05, 0) is 55.5 Å². The van der Waals surface area contributed by atoms with E-state index >= 15 is 0 Å². The van der Waals surface area contributed by atoms with E-state index in [0.717, 1.165) is 66.8 Å². The molecule has 0 bridgehead atoms. The van der Waals surface area contributed by atoms with Crippen LogP contribution in [-0.4, -0.2) is 70.8 Å². The molecule has 182 valence electrons. The molecule has 3 aromatic rings. The second-order valence-electron chi connectivity index (χ2n) is 10.2. The maximum atomic E-state index is 14.1. The van der Waals surface area contributed by atoms with Gasteiger partial charge < -0.3 is 19.5 Å². The number of nitrogens with zero attached hydrogens (tertiary/aromatic N) is 3. The quantitative estimate of drug-likeness (QED) is 0.633. The Labute approximate surface area is 205 Å². The highest BCUT2D eigenvalue weighted by Gasteiger charge is 2.55. The van der Waals surface area contributed by atoms with Gasteiger partial charge in [-0.3, -0.25) is 14.5 Å². The second-order valence-corrected chi connectivity index (χ2v) is 10.2. The Balaban J connectivity index is 1.26. The molecule has 7 heteroatoms. The number of nitrogens with one attached hydrogen (secondary N) is 1. The molecule has 2 saturated heterocycles. The van der Waals surface area contributed by atoms with Crippen LogP contribution in [0.5, 0.6) is 5.75 Å². The van der Waals surface area contributed by atoms with Crippen molar-refractivity contribution in [3.05, 3.63) is 65.4 Å². The van der Waals surface area contributed by atoms with Crippen molar-refractivity contribution in [3.8, 4) is 5.75 Å². The topological polar surface area (TPSA) is 68.9 Å². The number of ether oxygens (including phenoxy) is 1. The van der Waals surface area contributed by atoms with Crippen molar-refractivity contribution in [2.24, 2.45) is 0 Å². The van der Waals surface area contributed by atoms with Gasteiger partial charge >= 0.3 is 0 Å². The molecule has 3 aliphatic rings. The van der Waals surface area contributed by atoms with E-state index in [1.165, 1.54) is 5.56 Å². The zero-order valence-electron chi connectivity index (χ0n) is 20.4. The van der Waals surface area contributed by atoms with Gasteiger partial charge in [0.25, 0.3) is 5.91 Å². The highest BCUT2D eigenvalue weighted by atomic mass is 16.5. The predicted molar refractivity (Wildman–Crippen MR) is 134 cm³/mol. The standard InChI is InChI=1S/C28H32N4O3/c1-28-26-22(23-16-21(35-2)8-9-24(23)29-26)12-15-32(28)25(33)18-31(27(28)34)20-10-13-30(14-11-20)17-19-6-4-3-5-7-19/h3-9,16,20,29H,10-15,17-18H2,1-2H3/t28-/m0/s1. The zero-order valence-corrected chi connectivity index (χ0v) is 20.4. The Bertz CT molecular complexity index is 1280. The van der Waals surface area contributed by atoms with Crippen molar-refractivity contribution in [3.63, 3.8) is 0 Å². The molecule has 1 atom stereocenters. The van der Waals surface area contributed by atoms with E-state index < -0.39 is 5.54 Å². The normalized spacial score (nSPS) is 23.5. The minimum absolute atomic E-state index is 0.0399. The number of piperazine rings is 1. The van der Waals surface area contributed by atoms with E-state index in [1.807, 2.05) is 36.1 Å². The minimum atomic E-state index is -1.00. The predicted octanol–water partition coefficient (Wildman–Crippen LogP) is 3.28. The van der Waals surface area contributed by atoms with Crippen molar-refractivity contribution in [1.82, 2.24) is 19.7 Å². The van der Waals surface area contributed by atoms with Crippen LogP contribution in [0.2, 0.25) is 0 Å². The molecule has 0 saturated carbocycles. The summed E-state index contributed by atoms with van der Waals surface area (Å²) in [5.74, 6) is 0.876. The molecule has 0 radical (unpaired) electrons. The van der Waals surface area contributed by atoms with E-state index in [0.29, 0.717) is 6.54 Å². The lowest BCUT2D eigenvalue weighted by Gasteiger charge is -2.52. The molecular formula is C28H32N4O3. The molecule has 2 fully saturated rings. The van der Waals surface area contributed by atoms with Crippen molar-refractivity contribution in [2.75, 3.05) is 33.3 Å². The average molecular weight is 473 g/mol. The molecular weight excluding hydrogens is 440 g/mol. The number of carbonyl (C=O) groups excluding carboxylic acids is 2. The monoisotopic (exact) mass is 472 g/mol. The van der Waals surface area contributed by atoms with Crippen molar-refractivity contribution < 1.29 is 14.3 Å². The molecule has 0 aliphatic carbocycles. The number of aromatic amines is 1. The molecule has 0 spiro atoms. The van der Waals surface area contributed by atoms with Gasteiger partial charge in [-0.25, -0.2) is 0 Å². The number of carbonyl (C=O) groups is 2. The number of H-pyrrole nitrogens is 1. The number of amides is 2. The molecule has 4 heterocycles. The SMILES string of the molecule is COc1ccc2[nH]c3c(c2c1)CCN1C(=O)CN(C2CCN(Cc4ccccc4)CC2)C(=O)[C@]31C. The van der Waals surface area contributed by atoms with E-state index in [9.17, 15) is 9.59 Å². The summed E-state index contributed by atoms with van der Waals surface area (Å²) in [7, 11) is 1.66. The number of fused-ring (bicyclic) bond motifs is 5. The molecule has 1 aromatic heterocycles. The van der Waals surface area contributed by atoms with E-state index in [1.54, 1.807) is 12.0 Å². The maximum Gasteiger partial charge on any atom is 0.255 e. The summed E-state index contributed by atoms with van der Waals surface area (Å²) < 4.78 is 5.44. The fraction of sp³-hybridized carbons (Fsp3) is 0.429. The van der Waals surface area contributed by atoms with Gasteiger partial charge in [0.2, 0.25) is 5.91 Å². The molecule has 7 nitrogen and oxygen atoms in total. The number of rotatable bonds is 4. The molecule has 1 N–H and O–H groups in total. The third kappa shape index (κ3) is 3.52. The van der Waals surface area contributed by atoms with Gasteiger partial charge in [-0.2, -0.15) is 0 Å². The van der Waals surface area contributed by atoms with Crippen LogP contribution in [0.25, 0.3) is 10.9 Å². The van der Waals surface area contributed by atoms with Gasteiger partial charge in [0.1, 0.15) is 12.3 Å². The first kappa shape index (κ1) is 22.2. The lowest BCUT2D eigenvalue weighted by molar-refractivity contribution is -0.169. The summed E-state index contributed by atoms with van der Waals surface area (Å²) in [5, 5.41) is 1.08. The lowest BCUT2D eigenvalue weighted by atomic mass is 9.82. The van der Waals surface area contributed by atoms with Gasteiger partial charge in [-0.15, -0.1) is 0 Å². The summed E-state index contributed by atoms with van der Waals surface area (Å²) >= 11 is 0. The Morgan fingerprint density at radius 3 is 2.57 bits per heavy atom. The van der Waals surface area contributed by atoms with Crippen LogP contribution < -0.4 is 4.74 Å². The summed E-state index contributed by atoms with van der Waals surface area (Å²) in [5.41, 5.74) is 3.26. The third-order valence-corrected chi connectivity index (χ3v) is 8.26. The number of methoxy groups -OCH3 is 1. The van der Waals surface area contributed by atoms with E-state index in [4.69, 9.17) is 4.74 Å². The van der Waals surface area contributed by atoms with E-state index in [-0.39, 0.29) is 24.4 Å². The number of hydrogen-bond donors (Lipinski definition) is 1. The van der Waals surface area contributed by atoms with Crippen molar-refractivity contribution in [2.45, 2.75) is 44.3 Å². The summed E-state index contributed by atoms with van der Waals surface area (Å²) in [6.45, 7) is 5.44. The van der Waals surface area contributed by atoms with Crippen LogP contribution in [0.1, 0.15) is 36.6 Å². The average Bonchev–Trinajstić information content (AvgIpc) is 3.26. The summed E-state index contributed by atoms with van der Waals surface area (Å²) in [4.78, 5) is 37.1. The molecule has 0 unspecified atom stereocenters. The fourth-order valence-corrected chi connectivity index (χ4v) is 6.32. The highest BCUT2D eigenvalue weighted by molar-refractivity contribution is 6.01. The Morgan fingerprint density at radius 1 is 1.06 bits per heavy atom. The number of likely N-dealkylation sites (tertiary alicyclic amines) is 1. The largest absolute Gasteiger partial charge is 0.497 e. The highest BCUT2D eigenvalue weighted by Crippen LogP contribution is 2.43. The van der Waals surface area contributed by atoms with Gasteiger partial charge in [0, 0.05) is 43.1 Å². The third-order valence-electron chi connectivity index (χ3n) is 8.26. The number of benzene rings is 2. The Morgan fingerprint density at radius 2 is 1.83 bits per heavy atom. The van der Waals surface area contributed by atoms with Crippen LogP contribution in [0.4, 0.5) is 0 Å². The molecule has 2 amide bonds. The zero-order chi connectivity index (χ0) is 24.2. The van der Waals surface area contributed by atoms with Gasteiger partial charge in [0.05, 0.1) is 12.8 Å². The van der Waals surface area contributed by atoms with Crippen LogP contribution in [0.15, 0.2) is 48.5 Å². The maximum absolute atomic E-state index is 14.1. The number of hydrogen-bond acceptors (Lipinski definition) is 4. The summed E-state index contributed by atoms with van der Waals surface area (Å²) in [6, 6.07) is 16.5. The van der Waals surface area contributed by atoms with Crippen molar-refractivity contribution >= 4 is 22.7 Å². The number of aromatic nitrogens is 1.